The largest absolute Gasteiger partial charge is 0.383 e. The molecule has 0 aliphatic heterocycles. The van der Waals surface area contributed by atoms with Crippen molar-refractivity contribution in [2.75, 3.05) is 19.0 Å². The van der Waals surface area contributed by atoms with Crippen molar-refractivity contribution < 1.29 is 18.3 Å². The maximum Gasteiger partial charge on any atom is 0.280 e. The molecule has 3 N–H and O–H groups in total. The molecule has 0 bridgehead atoms. The molecule has 1 atom stereocenters. The highest BCUT2D eigenvalue weighted by atomic mass is 35.5. The smallest absolute Gasteiger partial charge is 0.280 e. The van der Waals surface area contributed by atoms with Gasteiger partial charge in [-0.1, -0.05) is 11.6 Å². The van der Waals surface area contributed by atoms with Gasteiger partial charge >= 0.3 is 0 Å². The van der Waals surface area contributed by atoms with E-state index in [1.165, 1.54) is 12.1 Å². The molecule has 0 spiro atoms. The van der Waals surface area contributed by atoms with Gasteiger partial charge in [-0.3, -0.25) is 9.89 Å². The molecule has 0 fully saturated rings. The minimum absolute atomic E-state index is 0.132. The van der Waals surface area contributed by atoms with Crippen LogP contribution in [-0.2, 0) is 4.74 Å². The number of H-pyrrole nitrogens is 1. The van der Waals surface area contributed by atoms with E-state index in [0.29, 0.717) is 28.7 Å². The van der Waals surface area contributed by atoms with Gasteiger partial charge in [-0.05, 0) is 43.3 Å². The van der Waals surface area contributed by atoms with E-state index in [1.807, 2.05) is 6.92 Å². The Morgan fingerprint density at radius 1 is 1.19 bits per heavy atom. The number of halogens is 3. The average molecular weight is 448 g/mol. The molecule has 162 valence electrons. The normalized spacial score (nSPS) is 12.5. The van der Waals surface area contributed by atoms with E-state index in [-0.39, 0.29) is 17.6 Å². The number of hydrogen-bond donors (Lipinski definition) is 3. The van der Waals surface area contributed by atoms with Crippen molar-refractivity contribution in [3.8, 4) is 11.3 Å². The molecule has 0 saturated heterocycles. The number of benzene rings is 2. The molecule has 0 aliphatic carbocycles. The number of nitrogens with one attached hydrogen (secondary N) is 3. The Labute approximate surface area is 182 Å². The summed E-state index contributed by atoms with van der Waals surface area (Å²) in [4.78, 5) is 16.6. The standard InChI is InChI=1S/C21H20ClF2N5O2/c1-12(11-31-2)25-21(27-20(30)13-3-5-15(22)6-4-13)26-19-10-18(28-29-19)14-7-16(23)9-17(24)8-14/h3-10,12H,11H2,1-2H3,(H3,25,26,27,28,29,30)/t12-/m0/s1. The molecule has 10 heteroatoms. The maximum absolute atomic E-state index is 13.5. The Bertz CT molecular complexity index is 1070. The molecule has 3 rings (SSSR count). The monoisotopic (exact) mass is 447 g/mol. The molecule has 0 radical (unpaired) electrons. The zero-order valence-electron chi connectivity index (χ0n) is 16.7. The molecule has 0 saturated carbocycles. The molecule has 0 aliphatic rings. The van der Waals surface area contributed by atoms with Crippen molar-refractivity contribution in [2.45, 2.75) is 13.0 Å². The van der Waals surface area contributed by atoms with Crippen LogP contribution in [0.15, 0.2) is 53.5 Å². The second kappa shape index (κ2) is 10.1. The number of rotatable bonds is 6. The van der Waals surface area contributed by atoms with Crippen LogP contribution in [0.1, 0.15) is 17.3 Å². The van der Waals surface area contributed by atoms with E-state index in [2.05, 4.69) is 25.8 Å². The number of carbonyl (C=O) groups excluding carboxylic acids is 1. The lowest BCUT2D eigenvalue weighted by molar-refractivity contribution is 0.100. The van der Waals surface area contributed by atoms with Crippen molar-refractivity contribution in [3.63, 3.8) is 0 Å². The number of aliphatic imine (C=N–C) groups is 1. The first kappa shape index (κ1) is 22.4. The summed E-state index contributed by atoms with van der Waals surface area (Å²) in [5, 5.41) is 13.2. The van der Waals surface area contributed by atoms with Crippen molar-refractivity contribution in [1.29, 1.82) is 0 Å². The van der Waals surface area contributed by atoms with E-state index in [9.17, 15) is 13.6 Å². The fourth-order valence-corrected chi connectivity index (χ4v) is 2.87. The zero-order valence-corrected chi connectivity index (χ0v) is 17.5. The van der Waals surface area contributed by atoms with E-state index in [0.717, 1.165) is 6.07 Å². The molecular formula is C21H20ClF2N5O2. The summed E-state index contributed by atoms with van der Waals surface area (Å²) in [7, 11) is 1.55. The van der Waals surface area contributed by atoms with Crippen LogP contribution < -0.4 is 10.6 Å². The Kier molecular flexibility index (Phi) is 7.32. The van der Waals surface area contributed by atoms with Gasteiger partial charge in [0, 0.05) is 41.4 Å². The van der Waals surface area contributed by atoms with E-state index >= 15 is 0 Å². The molecule has 1 heterocycles. The van der Waals surface area contributed by atoms with Gasteiger partial charge in [0.1, 0.15) is 11.6 Å². The van der Waals surface area contributed by atoms with Gasteiger partial charge in [0.05, 0.1) is 12.3 Å². The highest BCUT2D eigenvalue weighted by Gasteiger charge is 2.13. The van der Waals surface area contributed by atoms with Gasteiger partial charge in [-0.15, -0.1) is 0 Å². The summed E-state index contributed by atoms with van der Waals surface area (Å²) >= 11 is 5.86. The van der Waals surface area contributed by atoms with Crippen LogP contribution in [0.25, 0.3) is 11.3 Å². The summed E-state index contributed by atoms with van der Waals surface area (Å²) in [6.07, 6.45) is 0. The SMILES string of the molecule is COC[C@H](C)N/C(=N/C(=O)c1ccc(Cl)cc1)Nc1cc(-c2cc(F)cc(F)c2)[nH]n1. The predicted molar refractivity (Wildman–Crippen MR) is 115 cm³/mol. The molecule has 31 heavy (non-hydrogen) atoms. The molecule has 0 unspecified atom stereocenters. The topological polar surface area (TPSA) is 91.4 Å². The second-order valence-electron chi connectivity index (χ2n) is 6.72. The molecule has 7 nitrogen and oxygen atoms in total. The fraction of sp³-hybridized carbons (Fsp3) is 0.190. The summed E-state index contributed by atoms with van der Waals surface area (Å²) in [6, 6.07) is 10.8. The van der Waals surface area contributed by atoms with Gasteiger partial charge in [-0.25, -0.2) is 8.78 Å². The lowest BCUT2D eigenvalue weighted by Gasteiger charge is -2.16. The van der Waals surface area contributed by atoms with Crippen molar-refractivity contribution in [3.05, 3.63) is 70.8 Å². The third kappa shape index (κ3) is 6.34. The highest BCUT2D eigenvalue weighted by molar-refractivity contribution is 6.30. The minimum atomic E-state index is -0.704. The van der Waals surface area contributed by atoms with E-state index < -0.39 is 17.5 Å². The molecule has 3 aromatic rings. The number of aromatic nitrogens is 2. The summed E-state index contributed by atoms with van der Waals surface area (Å²) in [6.45, 7) is 2.21. The Morgan fingerprint density at radius 2 is 1.87 bits per heavy atom. The van der Waals surface area contributed by atoms with Crippen LogP contribution in [0.5, 0.6) is 0 Å². The maximum atomic E-state index is 13.5. The lowest BCUT2D eigenvalue weighted by Crippen LogP contribution is -2.40. The third-order valence-electron chi connectivity index (χ3n) is 4.10. The number of aromatic amines is 1. The number of anilines is 1. The van der Waals surface area contributed by atoms with Gasteiger partial charge in [0.25, 0.3) is 5.91 Å². The number of amides is 1. The van der Waals surface area contributed by atoms with Crippen LogP contribution in [0, 0.1) is 11.6 Å². The summed E-state index contributed by atoms with van der Waals surface area (Å²) < 4.78 is 32.1. The van der Waals surface area contributed by atoms with Crippen LogP contribution in [-0.4, -0.2) is 41.8 Å². The average Bonchev–Trinajstić information content (AvgIpc) is 3.16. The second-order valence-corrected chi connectivity index (χ2v) is 7.16. The van der Waals surface area contributed by atoms with Crippen molar-refractivity contribution in [1.82, 2.24) is 15.5 Å². The quantitative estimate of drug-likeness (QED) is 0.388. The number of nitrogens with zero attached hydrogens (tertiary/aromatic N) is 2. The van der Waals surface area contributed by atoms with Crippen molar-refractivity contribution >= 4 is 29.3 Å². The third-order valence-corrected chi connectivity index (χ3v) is 4.35. The Hall–Kier alpha value is -3.30. The van der Waals surface area contributed by atoms with Gasteiger partial charge in [-0.2, -0.15) is 10.1 Å². The first-order chi connectivity index (χ1) is 14.8. The fourth-order valence-electron chi connectivity index (χ4n) is 2.74. The number of carbonyl (C=O) groups is 1. The van der Waals surface area contributed by atoms with Gasteiger partial charge in [0.2, 0.25) is 5.96 Å². The Morgan fingerprint density at radius 3 is 2.52 bits per heavy atom. The lowest BCUT2D eigenvalue weighted by atomic mass is 10.1. The van der Waals surface area contributed by atoms with E-state index in [1.54, 1.807) is 37.4 Å². The number of ether oxygens (including phenoxy) is 1. The highest BCUT2D eigenvalue weighted by Crippen LogP contribution is 2.22. The number of methoxy groups -OCH3 is 1. The van der Waals surface area contributed by atoms with Crippen molar-refractivity contribution in [2.24, 2.45) is 4.99 Å². The van der Waals surface area contributed by atoms with Crippen LogP contribution in [0.4, 0.5) is 14.6 Å². The Balaban J connectivity index is 1.83. The number of guanidine groups is 1. The predicted octanol–water partition coefficient (Wildman–Crippen LogP) is 4.24. The van der Waals surface area contributed by atoms with Crippen LogP contribution in [0.2, 0.25) is 5.02 Å². The number of hydrogen-bond acceptors (Lipinski definition) is 3. The molecular weight excluding hydrogens is 428 g/mol. The van der Waals surface area contributed by atoms with Gasteiger partial charge in [0.15, 0.2) is 5.82 Å². The van der Waals surface area contributed by atoms with Gasteiger partial charge < -0.3 is 15.4 Å². The summed E-state index contributed by atoms with van der Waals surface area (Å²) in [5.41, 5.74) is 1.02. The molecule has 1 aromatic heterocycles. The van der Waals surface area contributed by atoms with Crippen LogP contribution >= 0.6 is 11.6 Å². The molecule has 2 aromatic carbocycles. The molecule has 1 amide bonds. The minimum Gasteiger partial charge on any atom is -0.383 e. The first-order valence-corrected chi connectivity index (χ1v) is 9.65. The summed E-state index contributed by atoms with van der Waals surface area (Å²) in [5.74, 6) is -1.48. The van der Waals surface area contributed by atoms with E-state index in [4.69, 9.17) is 16.3 Å². The van der Waals surface area contributed by atoms with Crippen LogP contribution in [0.3, 0.4) is 0 Å². The zero-order chi connectivity index (χ0) is 22.4. The first-order valence-electron chi connectivity index (χ1n) is 9.27.